The largest absolute Gasteiger partial charge is 0.475 e. The fourth-order valence-electron chi connectivity index (χ4n) is 2.26. The van der Waals surface area contributed by atoms with Crippen LogP contribution in [0.25, 0.3) is 0 Å². The molecule has 2 aliphatic heterocycles. The van der Waals surface area contributed by atoms with Crippen molar-refractivity contribution < 1.29 is 9.53 Å². The maximum Gasteiger partial charge on any atom is 0.268 e. The lowest BCUT2D eigenvalue weighted by Crippen LogP contribution is -2.51. The Hall–Kier alpha value is -1.18. The number of carbonyl (C=O) groups is 1. The van der Waals surface area contributed by atoms with Gasteiger partial charge in [-0.15, -0.1) is 0 Å². The average Bonchev–Trinajstić information content (AvgIpc) is 2.41. The standard InChI is InChI=1S/C12H15BrN4O2/c13-8-5-9-11(15-6-8)16-12(18)10(19-9)7-17-3-1-14-2-4-17/h5-6,10,14H,1-4,7H2,(H,15,16,18). The molecule has 19 heavy (non-hydrogen) atoms. The van der Waals surface area contributed by atoms with Gasteiger partial charge >= 0.3 is 0 Å². The second kappa shape index (κ2) is 5.44. The molecule has 1 aromatic heterocycles. The third-order valence-corrected chi connectivity index (χ3v) is 3.69. The minimum atomic E-state index is -0.471. The third-order valence-electron chi connectivity index (χ3n) is 3.26. The molecule has 6 nitrogen and oxygen atoms in total. The highest BCUT2D eigenvalue weighted by molar-refractivity contribution is 9.10. The molecule has 1 unspecified atom stereocenters. The van der Waals surface area contributed by atoms with Gasteiger partial charge in [-0.3, -0.25) is 9.69 Å². The summed E-state index contributed by atoms with van der Waals surface area (Å²) in [4.78, 5) is 18.3. The van der Waals surface area contributed by atoms with Crippen LogP contribution in [0.4, 0.5) is 5.82 Å². The van der Waals surface area contributed by atoms with Crippen molar-refractivity contribution in [3.8, 4) is 5.75 Å². The summed E-state index contributed by atoms with van der Waals surface area (Å²) in [5, 5.41) is 6.08. The molecule has 0 spiro atoms. The Morgan fingerprint density at radius 2 is 2.26 bits per heavy atom. The smallest absolute Gasteiger partial charge is 0.268 e. The molecule has 7 heteroatoms. The van der Waals surface area contributed by atoms with Gasteiger partial charge in [-0.1, -0.05) is 0 Å². The summed E-state index contributed by atoms with van der Waals surface area (Å²) in [7, 11) is 0. The first-order chi connectivity index (χ1) is 9.22. The number of fused-ring (bicyclic) bond motifs is 1. The second-order valence-corrected chi connectivity index (χ2v) is 5.56. The Kier molecular flexibility index (Phi) is 3.67. The van der Waals surface area contributed by atoms with Crippen LogP contribution in [0, 0.1) is 0 Å². The van der Waals surface area contributed by atoms with Crippen LogP contribution in [0.5, 0.6) is 5.75 Å². The topological polar surface area (TPSA) is 66.5 Å². The highest BCUT2D eigenvalue weighted by Crippen LogP contribution is 2.30. The fraction of sp³-hybridized carbons (Fsp3) is 0.500. The molecular weight excluding hydrogens is 312 g/mol. The number of hydrogen-bond acceptors (Lipinski definition) is 5. The monoisotopic (exact) mass is 326 g/mol. The molecule has 1 atom stereocenters. The molecule has 0 aromatic carbocycles. The molecule has 3 heterocycles. The Morgan fingerprint density at radius 3 is 3.05 bits per heavy atom. The van der Waals surface area contributed by atoms with Crippen LogP contribution in [-0.4, -0.2) is 54.6 Å². The van der Waals surface area contributed by atoms with E-state index in [2.05, 4.69) is 36.4 Å². The van der Waals surface area contributed by atoms with Crippen molar-refractivity contribution in [2.75, 3.05) is 38.0 Å². The maximum absolute atomic E-state index is 12.0. The second-order valence-electron chi connectivity index (χ2n) is 4.65. The van der Waals surface area contributed by atoms with E-state index >= 15 is 0 Å². The van der Waals surface area contributed by atoms with E-state index in [1.165, 1.54) is 0 Å². The Labute approximate surface area is 119 Å². The Morgan fingerprint density at radius 1 is 1.47 bits per heavy atom. The van der Waals surface area contributed by atoms with Gasteiger partial charge in [-0.05, 0) is 22.0 Å². The Balaban J connectivity index is 1.71. The van der Waals surface area contributed by atoms with Gasteiger partial charge in [-0.2, -0.15) is 0 Å². The van der Waals surface area contributed by atoms with Crippen molar-refractivity contribution in [3.63, 3.8) is 0 Å². The summed E-state index contributed by atoms with van der Waals surface area (Å²) >= 11 is 3.35. The van der Waals surface area contributed by atoms with Crippen LogP contribution < -0.4 is 15.4 Å². The molecule has 1 saturated heterocycles. The molecule has 2 aliphatic rings. The Bertz CT molecular complexity index is 491. The number of halogens is 1. The van der Waals surface area contributed by atoms with Crippen molar-refractivity contribution in [1.29, 1.82) is 0 Å². The zero-order chi connectivity index (χ0) is 13.2. The van der Waals surface area contributed by atoms with Gasteiger partial charge in [0.25, 0.3) is 5.91 Å². The molecule has 1 amide bonds. The van der Waals surface area contributed by atoms with Crippen LogP contribution in [0.3, 0.4) is 0 Å². The van der Waals surface area contributed by atoms with Crippen molar-refractivity contribution in [3.05, 3.63) is 16.7 Å². The van der Waals surface area contributed by atoms with Crippen molar-refractivity contribution in [1.82, 2.24) is 15.2 Å². The van der Waals surface area contributed by atoms with Crippen LogP contribution in [-0.2, 0) is 4.79 Å². The van der Waals surface area contributed by atoms with E-state index in [1.807, 2.05) is 6.07 Å². The minimum absolute atomic E-state index is 0.124. The van der Waals surface area contributed by atoms with Crippen molar-refractivity contribution in [2.45, 2.75) is 6.10 Å². The molecule has 1 aromatic rings. The number of aromatic nitrogens is 1. The summed E-state index contributed by atoms with van der Waals surface area (Å²) in [6, 6.07) is 1.83. The van der Waals surface area contributed by atoms with Gasteiger partial charge in [0, 0.05) is 43.4 Å². The summed E-state index contributed by atoms with van der Waals surface area (Å²) in [6.45, 7) is 4.41. The van der Waals surface area contributed by atoms with E-state index in [9.17, 15) is 4.79 Å². The highest BCUT2D eigenvalue weighted by Gasteiger charge is 2.30. The lowest BCUT2D eigenvalue weighted by atomic mass is 10.2. The lowest BCUT2D eigenvalue weighted by Gasteiger charge is -2.32. The molecule has 102 valence electrons. The zero-order valence-corrected chi connectivity index (χ0v) is 11.9. The third kappa shape index (κ3) is 2.88. The summed E-state index contributed by atoms with van der Waals surface area (Å²) in [6.07, 6.45) is 1.17. The lowest BCUT2D eigenvalue weighted by molar-refractivity contribution is -0.124. The molecule has 0 radical (unpaired) electrons. The quantitative estimate of drug-likeness (QED) is 0.826. The van der Waals surface area contributed by atoms with Gasteiger partial charge in [0.05, 0.1) is 0 Å². The predicted molar refractivity (Wildman–Crippen MR) is 74.3 cm³/mol. The number of anilines is 1. The van der Waals surface area contributed by atoms with Crippen molar-refractivity contribution >= 4 is 27.7 Å². The summed E-state index contributed by atoms with van der Waals surface area (Å²) in [5.74, 6) is 0.986. The van der Waals surface area contributed by atoms with E-state index in [0.717, 1.165) is 30.7 Å². The number of nitrogens with one attached hydrogen (secondary N) is 2. The molecule has 2 N–H and O–H groups in total. The fourth-order valence-corrected chi connectivity index (χ4v) is 2.57. The zero-order valence-electron chi connectivity index (χ0n) is 10.4. The first kappa shape index (κ1) is 12.8. The number of ether oxygens (including phenoxy) is 1. The molecule has 0 bridgehead atoms. The van der Waals surface area contributed by atoms with Gasteiger partial charge in [0.2, 0.25) is 0 Å². The van der Waals surface area contributed by atoms with E-state index in [1.54, 1.807) is 6.20 Å². The number of piperazine rings is 1. The molecule has 3 rings (SSSR count). The number of nitrogens with zero attached hydrogens (tertiary/aromatic N) is 2. The van der Waals surface area contributed by atoms with Crippen molar-refractivity contribution in [2.24, 2.45) is 0 Å². The maximum atomic E-state index is 12.0. The summed E-state index contributed by atoms with van der Waals surface area (Å²) in [5.41, 5.74) is 0. The summed E-state index contributed by atoms with van der Waals surface area (Å²) < 4.78 is 6.60. The van der Waals surface area contributed by atoms with Crippen LogP contribution in [0.15, 0.2) is 16.7 Å². The SMILES string of the molecule is O=C1Nc2ncc(Br)cc2OC1CN1CCNCC1. The minimum Gasteiger partial charge on any atom is -0.475 e. The van der Waals surface area contributed by atoms with Gasteiger partial charge in [0.15, 0.2) is 17.7 Å². The first-order valence-electron chi connectivity index (χ1n) is 6.28. The van der Waals surface area contributed by atoms with E-state index in [4.69, 9.17) is 4.74 Å². The molecular formula is C12H15BrN4O2. The van der Waals surface area contributed by atoms with E-state index < -0.39 is 6.10 Å². The number of amides is 1. The van der Waals surface area contributed by atoms with Crippen LogP contribution >= 0.6 is 15.9 Å². The number of carbonyl (C=O) groups excluding carboxylic acids is 1. The molecule has 0 saturated carbocycles. The van der Waals surface area contributed by atoms with Crippen LogP contribution in [0.2, 0.25) is 0 Å². The molecule has 0 aliphatic carbocycles. The molecule has 1 fully saturated rings. The van der Waals surface area contributed by atoms with E-state index in [0.29, 0.717) is 18.1 Å². The highest BCUT2D eigenvalue weighted by atomic mass is 79.9. The van der Waals surface area contributed by atoms with Gasteiger partial charge in [-0.25, -0.2) is 4.98 Å². The van der Waals surface area contributed by atoms with Crippen LogP contribution in [0.1, 0.15) is 0 Å². The van der Waals surface area contributed by atoms with Gasteiger partial charge in [0.1, 0.15) is 0 Å². The van der Waals surface area contributed by atoms with Gasteiger partial charge < -0.3 is 15.4 Å². The predicted octanol–water partition coefficient (Wildman–Crippen LogP) is 0.449. The number of hydrogen-bond donors (Lipinski definition) is 2. The first-order valence-corrected chi connectivity index (χ1v) is 7.08. The average molecular weight is 327 g/mol. The normalized spacial score (nSPS) is 23.4. The number of pyridine rings is 1. The van der Waals surface area contributed by atoms with E-state index in [-0.39, 0.29) is 5.91 Å². The number of rotatable bonds is 2.